The normalized spacial score (nSPS) is 15.7. The number of aliphatic imine (C=N–C) groups is 1. The van der Waals surface area contributed by atoms with E-state index in [9.17, 15) is 4.79 Å². The Bertz CT molecular complexity index is 1520. The van der Waals surface area contributed by atoms with Gasteiger partial charge in [0.25, 0.3) is 0 Å². The highest BCUT2D eigenvalue weighted by atomic mass is 16.1. The van der Waals surface area contributed by atoms with Gasteiger partial charge < -0.3 is 0 Å². The van der Waals surface area contributed by atoms with Gasteiger partial charge in [-0.1, -0.05) is 78.9 Å². The van der Waals surface area contributed by atoms with Crippen molar-refractivity contribution in [2.45, 2.75) is 25.2 Å². The lowest BCUT2D eigenvalue weighted by molar-refractivity contribution is 0.565. The molecule has 1 unspecified atom stereocenters. The third-order valence-corrected chi connectivity index (χ3v) is 6.86. The number of hydrogen-bond donors (Lipinski definition) is 0. The van der Waals surface area contributed by atoms with Crippen molar-refractivity contribution in [1.29, 1.82) is 0 Å². The fourth-order valence-corrected chi connectivity index (χ4v) is 5.47. The zero-order valence-electron chi connectivity index (χ0n) is 17.1. The predicted molar refractivity (Wildman–Crippen MR) is 128 cm³/mol. The van der Waals surface area contributed by atoms with E-state index in [1.165, 1.54) is 38.2 Å². The zero-order valence-corrected chi connectivity index (χ0v) is 17.1. The summed E-state index contributed by atoms with van der Waals surface area (Å²) >= 11 is 0. The van der Waals surface area contributed by atoms with Crippen LogP contribution in [0, 0.1) is 0 Å². The van der Waals surface area contributed by atoms with Crippen molar-refractivity contribution in [3.63, 3.8) is 0 Å². The van der Waals surface area contributed by atoms with Gasteiger partial charge >= 0.3 is 0 Å². The lowest BCUT2D eigenvalue weighted by atomic mass is 9.77. The molecule has 148 valence electrons. The van der Waals surface area contributed by atoms with Gasteiger partial charge in [0.15, 0.2) is 0 Å². The Morgan fingerprint density at radius 2 is 1.55 bits per heavy atom. The molecule has 2 heteroatoms. The summed E-state index contributed by atoms with van der Waals surface area (Å²) in [6.07, 6.45) is 4.90. The van der Waals surface area contributed by atoms with Gasteiger partial charge in [-0.2, -0.15) is 4.99 Å². The third-order valence-electron chi connectivity index (χ3n) is 6.86. The highest BCUT2D eigenvalue weighted by molar-refractivity contribution is 6.08. The maximum Gasteiger partial charge on any atom is 0.240 e. The standard InChI is InChI=1S/C29H21NO/c31-18-30-28-10-4-7-20-6-3-9-25(29(20)28)22-12-14-24-21(17-22)13-16-26-23-8-2-1-5-19(23)11-15-27(24)26/h1-11,13,15-16,22H,12,14,17H2. The van der Waals surface area contributed by atoms with Gasteiger partial charge in [0.1, 0.15) is 0 Å². The monoisotopic (exact) mass is 399 g/mol. The van der Waals surface area contributed by atoms with Gasteiger partial charge in [-0.15, -0.1) is 0 Å². The molecule has 5 aromatic rings. The predicted octanol–water partition coefficient (Wildman–Crippen LogP) is 7.39. The van der Waals surface area contributed by atoms with Gasteiger partial charge in [-0.3, -0.25) is 0 Å². The van der Waals surface area contributed by atoms with E-state index in [4.69, 9.17) is 0 Å². The van der Waals surface area contributed by atoms with Crippen molar-refractivity contribution < 1.29 is 4.79 Å². The van der Waals surface area contributed by atoms with E-state index < -0.39 is 0 Å². The van der Waals surface area contributed by atoms with Gasteiger partial charge in [0.2, 0.25) is 6.08 Å². The molecule has 0 saturated heterocycles. The molecule has 0 aliphatic heterocycles. The summed E-state index contributed by atoms with van der Waals surface area (Å²) in [6.45, 7) is 0. The van der Waals surface area contributed by atoms with Crippen molar-refractivity contribution in [2.24, 2.45) is 4.99 Å². The molecule has 0 N–H and O–H groups in total. The fourth-order valence-electron chi connectivity index (χ4n) is 5.47. The van der Waals surface area contributed by atoms with Crippen LogP contribution in [-0.2, 0) is 17.6 Å². The Hall–Kier alpha value is -3.74. The molecule has 0 aromatic heterocycles. The molecule has 0 spiro atoms. The van der Waals surface area contributed by atoms with Gasteiger partial charge in [0, 0.05) is 5.39 Å². The van der Waals surface area contributed by atoms with Crippen LogP contribution in [0.5, 0.6) is 0 Å². The largest absolute Gasteiger partial charge is 0.240 e. The van der Waals surface area contributed by atoms with Crippen LogP contribution in [-0.4, -0.2) is 6.08 Å². The SMILES string of the molecule is O=C=Nc1cccc2cccc(C3CCc4c(ccc5c4ccc4ccccc45)C3)c12. The molecule has 0 amide bonds. The second-order valence-electron chi connectivity index (χ2n) is 8.45. The summed E-state index contributed by atoms with van der Waals surface area (Å²) in [5.74, 6) is 0.414. The molecule has 31 heavy (non-hydrogen) atoms. The summed E-state index contributed by atoms with van der Waals surface area (Å²) in [5, 5.41) is 7.58. The quantitative estimate of drug-likeness (QED) is 0.173. The van der Waals surface area contributed by atoms with Crippen molar-refractivity contribution in [3.8, 4) is 0 Å². The Kier molecular flexibility index (Phi) is 4.19. The summed E-state index contributed by atoms with van der Waals surface area (Å²) in [7, 11) is 0. The van der Waals surface area contributed by atoms with Crippen LogP contribution < -0.4 is 0 Å². The summed E-state index contributed by atoms with van der Waals surface area (Å²) in [6, 6.07) is 30.2. The van der Waals surface area contributed by atoms with Gasteiger partial charge in [-0.05, 0) is 74.9 Å². The van der Waals surface area contributed by atoms with Crippen LogP contribution in [0.2, 0.25) is 0 Å². The molecular formula is C29H21NO. The summed E-state index contributed by atoms with van der Waals surface area (Å²) < 4.78 is 0. The molecule has 6 rings (SSSR count). The zero-order chi connectivity index (χ0) is 20.8. The minimum absolute atomic E-state index is 0.414. The van der Waals surface area contributed by atoms with Crippen molar-refractivity contribution in [3.05, 3.63) is 102 Å². The number of carbonyl (C=O) groups excluding carboxylic acids is 1. The van der Waals surface area contributed by atoms with Gasteiger partial charge in [-0.25, -0.2) is 4.79 Å². The molecule has 1 atom stereocenters. The van der Waals surface area contributed by atoms with Crippen LogP contribution in [0.15, 0.2) is 89.9 Å². The van der Waals surface area contributed by atoms with Crippen LogP contribution in [0.3, 0.4) is 0 Å². The molecule has 1 aliphatic rings. The first kappa shape index (κ1) is 18.1. The van der Waals surface area contributed by atoms with E-state index in [2.05, 4.69) is 77.8 Å². The van der Waals surface area contributed by atoms with E-state index >= 15 is 0 Å². The van der Waals surface area contributed by atoms with E-state index in [0.717, 1.165) is 35.7 Å². The first-order valence-corrected chi connectivity index (χ1v) is 10.9. The number of isocyanates is 1. The van der Waals surface area contributed by atoms with Crippen molar-refractivity contribution >= 4 is 44.1 Å². The molecule has 2 nitrogen and oxygen atoms in total. The molecule has 0 fully saturated rings. The molecule has 0 radical (unpaired) electrons. The number of aryl methyl sites for hydroxylation is 1. The lowest BCUT2D eigenvalue weighted by Crippen LogP contribution is -2.13. The maximum atomic E-state index is 11.0. The minimum atomic E-state index is 0.414. The Labute approximate surface area is 180 Å². The van der Waals surface area contributed by atoms with Crippen molar-refractivity contribution in [2.75, 3.05) is 0 Å². The van der Waals surface area contributed by atoms with Crippen LogP contribution in [0.4, 0.5) is 5.69 Å². The Morgan fingerprint density at radius 1 is 0.742 bits per heavy atom. The van der Waals surface area contributed by atoms with Crippen LogP contribution >= 0.6 is 0 Å². The molecule has 0 bridgehead atoms. The first-order valence-electron chi connectivity index (χ1n) is 10.9. The van der Waals surface area contributed by atoms with E-state index in [1.807, 2.05) is 12.1 Å². The summed E-state index contributed by atoms with van der Waals surface area (Å²) in [4.78, 5) is 15.0. The minimum Gasteiger partial charge on any atom is -0.211 e. The Balaban J connectivity index is 1.48. The van der Waals surface area contributed by atoms with E-state index in [0.29, 0.717) is 5.92 Å². The van der Waals surface area contributed by atoms with Gasteiger partial charge in [0.05, 0.1) is 5.69 Å². The smallest absolute Gasteiger partial charge is 0.211 e. The second kappa shape index (κ2) is 7.19. The molecule has 0 heterocycles. The Morgan fingerprint density at radius 3 is 2.45 bits per heavy atom. The van der Waals surface area contributed by atoms with E-state index in [1.54, 1.807) is 6.08 Å². The molecule has 1 aliphatic carbocycles. The number of hydrogen-bond acceptors (Lipinski definition) is 2. The van der Waals surface area contributed by atoms with Crippen molar-refractivity contribution in [1.82, 2.24) is 0 Å². The highest BCUT2D eigenvalue weighted by Crippen LogP contribution is 2.41. The summed E-state index contributed by atoms with van der Waals surface area (Å²) in [5.41, 5.74) is 4.94. The van der Waals surface area contributed by atoms with Crippen LogP contribution in [0.1, 0.15) is 29.0 Å². The van der Waals surface area contributed by atoms with E-state index in [-0.39, 0.29) is 0 Å². The number of rotatable bonds is 2. The number of benzene rings is 5. The lowest BCUT2D eigenvalue weighted by Gasteiger charge is -2.27. The maximum absolute atomic E-state index is 11.0. The molecule has 5 aromatic carbocycles. The average molecular weight is 399 g/mol. The number of fused-ring (bicyclic) bond motifs is 6. The highest BCUT2D eigenvalue weighted by Gasteiger charge is 2.24. The fraction of sp³-hybridized carbons (Fsp3) is 0.138. The average Bonchev–Trinajstić information content (AvgIpc) is 2.83. The second-order valence-corrected chi connectivity index (χ2v) is 8.45. The third kappa shape index (κ3) is 2.88. The topological polar surface area (TPSA) is 29.4 Å². The molecular weight excluding hydrogens is 378 g/mol. The first-order chi connectivity index (χ1) is 15.3. The number of nitrogens with zero attached hydrogens (tertiary/aromatic N) is 1. The van der Waals surface area contributed by atoms with Crippen LogP contribution in [0.25, 0.3) is 32.3 Å². The molecule has 0 saturated carbocycles.